The van der Waals surface area contributed by atoms with Crippen molar-refractivity contribution in [2.24, 2.45) is 74.9 Å². The predicted molar refractivity (Wildman–Crippen MR) is 254 cm³/mol. The normalized spacial score (nSPS) is 52.0. The molecule has 0 aromatic heterocycles. The van der Waals surface area contributed by atoms with Crippen LogP contribution in [0.15, 0.2) is 11.6 Å². The Morgan fingerprint density at radius 2 is 1.08 bits per heavy atom. The van der Waals surface area contributed by atoms with Crippen LogP contribution in [0.25, 0.3) is 0 Å². The van der Waals surface area contributed by atoms with Gasteiger partial charge in [-0.25, -0.2) is 9.59 Å². The van der Waals surface area contributed by atoms with Crippen LogP contribution < -0.4 is 0 Å². The summed E-state index contributed by atoms with van der Waals surface area (Å²) in [6, 6.07) is 0. The summed E-state index contributed by atoms with van der Waals surface area (Å²) in [7, 11) is 0. The standard InChI is InChI=1S/C27H42O10.C27H40O9/c1-26-8-7-13(28)9-12(26)3-4-14-15-5-6-16(27(15,2)10-17(29)19(14)26)18(30)11-36-25-22(33)20(31)21(32)23(37-25)24(34)35;1-26-9-7-14(28)11-13(26)3-4-15-16-5-6-18(27(16,2)10-8-17(15)26)19(29)12-35-25-22(32)20(30)21(31)23(36-25)24(33)34/h12-17,19-23,25,28-29,31-33H,3-11H2,1-2H3,(H,34,35);3,14-18,20-23,25,28,30-32H,4-12H2,1-2H3,(H,33,34)/t12-,13-,14?,15?,16-,17-,19?,20+,21+,22-,23+,25?,26+,27+;14-,15-,16-,17-,18+,20-,21-,22+,23-,25?,26-,27-/m10/s1. The van der Waals surface area contributed by atoms with E-state index in [2.05, 4.69) is 33.8 Å². The Balaban J connectivity index is 0.000000180. The zero-order chi connectivity index (χ0) is 52.9. The molecule has 10 rings (SSSR count). The molecule has 11 N–H and O–H groups in total. The zero-order valence-electron chi connectivity index (χ0n) is 42.7. The van der Waals surface area contributed by atoms with Crippen molar-refractivity contribution in [3.8, 4) is 0 Å². The van der Waals surface area contributed by atoms with Crippen molar-refractivity contribution in [1.29, 1.82) is 0 Å². The minimum absolute atomic E-state index is 0.00532. The van der Waals surface area contributed by atoms with Gasteiger partial charge in [-0.2, -0.15) is 0 Å². The minimum Gasteiger partial charge on any atom is -0.479 e. The van der Waals surface area contributed by atoms with E-state index in [4.69, 9.17) is 18.9 Å². The van der Waals surface area contributed by atoms with Crippen molar-refractivity contribution < 1.29 is 94.3 Å². The Hall–Kier alpha value is -2.50. The van der Waals surface area contributed by atoms with E-state index < -0.39 is 91.5 Å². The molecule has 2 aliphatic heterocycles. The quantitative estimate of drug-likeness (QED) is 0.139. The third-order valence-electron chi connectivity index (χ3n) is 21.8. The first-order chi connectivity index (χ1) is 34.3. The second kappa shape index (κ2) is 20.7. The number of carboxylic acid groups (broad SMARTS) is 2. The average Bonchev–Trinajstić information content (AvgIpc) is 3.88. The number of ketones is 2. The van der Waals surface area contributed by atoms with E-state index >= 15 is 0 Å². The highest BCUT2D eigenvalue weighted by molar-refractivity contribution is 5.84. The van der Waals surface area contributed by atoms with Crippen molar-refractivity contribution in [1.82, 2.24) is 0 Å². The second-order valence-electron chi connectivity index (χ2n) is 25.3. The average molecular weight is 1040 g/mol. The SMILES string of the molecule is C[C@]12CC[C@H]3[C@@H](CC=C4C[C@@H](O)CC[C@@]43C)[C@@H]1CC[C@@H]2C(=O)COC1O[C@H](C(=O)O)[C@@H](O)[C@H](O)[C@H]1O.C[C@]12C[C@@H](O)C3C(CC[C@@H]4C[C@H](O)CC[C@]34C)C1CC[C@@H]2C(=O)COC1O[C@H](C(=O)O)[C@@H](O)[C@H](O)[C@H]1O. The summed E-state index contributed by atoms with van der Waals surface area (Å²) in [6.07, 6.45) is -1.78. The summed E-state index contributed by atoms with van der Waals surface area (Å²) in [5.41, 5.74) is 0.999. The van der Waals surface area contributed by atoms with Crippen molar-refractivity contribution in [3.05, 3.63) is 11.6 Å². The number of rotatable bonds is 10. The topological polar surface area (TPSA) is 328 Å². The van der Waals surface area contributed by atoms with Crippen molar-refractivity contribution in [2.45, 2.75) is 210 Å². The number of carbonyl (C=O) groups is 4. The molecule has 412 valence electrons. The summed E-state index contributed by atoms with van der Waals surface area (Å²) in [5.74, 6) is -1.12. The third kappa shape index (κ3) is 9.51. The molecule has 0 aromatic carbocycles. The van der Waals surface area contributed by atoms with Crippen LogP contribution in [-0.4, -0.2) is 173 Å². The number of hydrogen-bond acceptors (Lipinski definition) is 17. The second-order valence-corrected chi connectivity index (χ2v) is 25.3. The fourth-order valence-electron chi connectivity index (χ4n) is 18.0. The number of carbonyl (C=O) groups excluding carboxylic acids is 2. The molecule has 7 saturated carbocycles. The van der Waals surface area contributed by atoms with Gasteiger partial charge in [-0.1, -0.05) is 39.3 Å². The van der Waals surface area contributed by atoms with Crippen LogP contribution in [0.1, 0.15) is 130 Å². The van der Waals surface area contributed by atoms with Crippen LogP contribution in [-0.2, 0) is 38.1 Å². The van der Waals surface area contributed by atoms with Gasteiger partial charge >= 0.3 is 11.9 Å². The number of Topliss-reactive ketones (excluding diaryl/α,β-unsaturated/α-hetero) is 2. The highest BCUT2D eigenvalue weighted by atomic mass is 16.7. The molecule has 0 bridgehead atoms. The lowest BCUT2D eigenvalue weighted by Crippen LogP contribution is -2.60. The van der Waals surface area contributed by atoms with Gasteiger partial charge in [0, 0.05) is 11.8 Å². The Kier molecular flexibility index (Phi) is 15.7. The number of carboxylic acids is 2. The molecule has 9 fully saturated rings. The number of aliphatic hydroxyl groups is 9. The summed E-state index contributed by atoms with van der Waals surface area (Å²) in [5, 5.41) is 111. The maximum atomic E-state index is 13.4. The lowest BCUT2D eigenvalue weighted by atomic mass is 9.44. The molecule has 10 aliphatic rings. The largest absolute Gasteiger partial charge is 0.479 e. The van der Waals surface area contributed by atoms with Gasteiger partial charge in [-0.05, 0) is 166 Å². The number of aliphatic carboxylic acids is 2. The molecule has 2 saturated heterocycles. The Morgan fingerprint density at radius 3 is 1.64 bits per heavy atom. The first-order valence-electron chi connectivity index (χ1n) is 27.2. The van der Waals surface area contributed by atoms with Gasteiger partial charge in [-0.15, -0.1) is 0 Å². The maximum absolute atomic E-state index is 13.4. The van der Waals surface area contributed by atoms with Gasteiger partial charge in [0.15, 0.2) is 36.4 Å². The van der Waals surface area contributed by atoms with Crippen LogP contribution in [0.5, 0.6) is 0 Å². The van der Waals surface area contributed by atoms with Crippen LogP contribution in [0.2, 0.25) is 0 Å². The summed E-state index contributed by atoms with van der Waals surface area (Å²) in [6.45, 7) is 8.22. The molecule has 19 heteroatoms. The van der Waals surface area contributed by atoms with E-state index in [9.17, 15) is 75.3 Å². The van der Waals surface area contributed by atoms with Crippen molar-refractivity contribution in [3.63, 3.8) is 0 Å². The van der Waals surface area contributed by atoms with Crippen LogP contribution in [0.3, 0.4) is 0 Å². The Labute approximate surface area is 426 Å². The molecule has 2 heterocycles. The van der Waals surface area contributed by atoms with Gasteiger partial charge < -0.3 is 75.1 Å². The van der Waals surface area contributed by atoms with Gasteiger partial charge in [0.25, 0.3) is 0 Å². The fraction of sp³-hybridized carbons (Fsp3) is 0.889. The molecule has 0 aromatic rings. The van der Waals surface area contributed by atoms with Gasteiger partial charge in [0.2, 0.25) is 0 Å². The van der Waals surface area contributed by atoms with E-state index in [0.717, 1.165) is 89.9 Å². The van der Waals surface area contributed by atoms with E-state index in [-0.39, 0.29) is 64.4 Å². The van der Waals surface area contributed by atoms with Crippen molar-refractivity contribution >= 4 is 23.5 Å². The minimum atomic E-state index is -1.82. The van der Waals surface area contributed by atoms with Gasteiger partial charge in [0.05, 0.1) is 18.3 Å². The van der Waals surface area contributed by atoms with Crippen LogP contribution in [0.4, 0.5) is 0 Å². The monoisotopic (exact) mass is 1030 g/mol. The molecule has 8 aliphatic carbocycles. The third-order valence-corrected chi connectivity index (χ3v) is 21.8. The first-order valence-corrected chi connectivity index (χ1v) is 27.2. The number of aliphatic hydroxyl groups excluding tert-OH is 9. The molecular weight excluding hydrogens is 953 g/mol. The number of ether oxygens (including phenoxy) is 4. The highest BCUT2D eigenvalue weighted by Gasteiger charge is 2.65. The molecule has 5 unspecified atom stereocenters. The molecule has 26 atom stereocenters. The smallest absolute Gasteiger partial charge is 0.335 e. The summed E-state index contributed by atoms with van der Waals surface area (Å²) >= 11 is 0. The molecule has 0 spiro atoms. The molecule has 0 radical (unpaired) electrons. The molecule has 19 nitrogen and oxygen atoms in total. The van der Waals surface area contributed by atoms with Crippen LogP contribution >= 0.6 is 0 Å². The van der Waals surface area contributed by atoms with Crippen LogP contribution in [0, 0.1) is 74.9 Å². The van der Waals surface area contributed by atoms with E-state index in [1.54, 1.807) is 0 Å². The number of allylic oxidation sites excluding steroid dienone is 1. The fourth-order valence-corrected chi connectivity index (χ4v) is 18.0. The van der Waals surface area contributed by atoms with Gasteiger partial charge in [-0.3, -0.25) is 9.59 Å². The molecule has 0 amide bonds. The summed E-state index contributed by atoms with van der Waals surface area (Å²) < 4.78 is 21.3. The maximum Gasteiger partial charge on any atom is 0.335 e. The zero-order valence-corrected chi connectivity index (χ0v) is 42.7. The molecule has 73 heavy (non-hydrogen) atoms. The Bertz CT molecular complexity index is 2100. The lowest BCUT2D eigenvalue weighted by Gasteiger charge is -2.62. The number of hydrogen-bond donors (Lipinski definition) is 11. The van der Waals surface area contributed by atoms with E-state index in [1.165, 1.54) is 5.57 Å². The summed E-state index contributed by atoms with van der Waals surface area (Å²) in [4.78, 5) is 49.5. The first kappa shape index (κ1) is 55.3. The Morgan fingerprint density at radius 1 is 0.562 bits per heavy atom. The lowest BCUT2D eigenvalue weighted by molar-refractivity contribution is -0.292. The van der Waals surface area contributed by atoms with E-state index in [0.29, 0.717) is 48.3 Å². The van der Waals surface area contributed by atoms with E-state index in [1.807, 2.05) is 0 Å². The van der Waals surface area contributed by atoms with Gasteiger partial charge in [0.1, 0.15) is 49.8 Å². The number of fused-ring (bicyclic) bond motifs is 10. The van der Waals surface area contributed by atoms with Crippen molar-refractivity contribution in [2.75, 3.05) is 13.2 Å². The highest BCUT2D eigenvalue weighted by Crippen LogP contribution is 2.69. The predicted octanol–water partition coefficient (Wildman–Crippen LogP) is 1.86. The molecular formula is C54H82O19.